The average Bonchev–Trinajstić information content (AvgIpc) is 3.19. The summed E-state index contributed by atoms with van der Waals surface area (Å²) in [5.41, 5.74) is 3.63. The average molecular weight is 366 g/mol. The van der Waals surface area contributed by atoms with Crippen LogP contribution in [0.15, 0.2) is 71.1 Å². The first-order valence-corrected chi connectivity index (χ1v) is 8.19. The molecule has 1 aliphatic rings. The number of oxazole rings is 1. The highest BCUT2D eigenvalue weighted by atomic mass is 19.3. The van der Waals surface area contributed by atoms with Gasteiger partial charge < -0.3 is 19.2 Å². The van der Waals surface area contributed by atoms with Gasteiger partial charge in [0.15, 0.2) is 17.1 Å². The molecule has 0 atom stereocenters. The van der Waals surface area contributed by atoms with Crippen LogP contribution in [0, 0.1) is 0 Å². The normalized spacial score (nSPS) is 14.4. The van der Waals surface area contributed by atoms with Crippen molar-refractivity contribution in [2.45, 2.75) is 6.29 Å². The Balaban J connectivity index is 1.47. The van der Waals surface area contributed by atoms with E-state index in [0.29, 0.717) is 22.7 Å². The lowest BCUT2D eigenvalue weighted by atomic mass is 10.0. The number of benzene rings is 3. The summed E-state index contributed by atoms with van der Waals surface area (Å²) in [6, 6.07) is 20.0. The molecule has 0 radical (unpaired) electrons. The molecule has 27 heavy (non-hydrogen) atoms. The van der Waals surface area contributed by atoms with Crippen LogP contribution in [-0.4, -0.2) is 11.3 Å². The summed E-state index contributed by atoms with van der Waals surface area (Å²) in [6.07, 6.45) is -3.63. The third-order valence-corrected chi connectivity index (χ3v) is 4.15. The number of alkyl halides is 2. The molecule has 1 aromatic heterocycles. The number of nitrogens with one attached hydrogen (secondary N) is 1. The maximum atomic E-state index is 13.2. The van der Waals surface area contributed by atoms with Gasteiger partial charge in [0.1, 0.15) is 5.52 Å². The molecule has 0 aliphatic carbocycles. The second kappa shape index (κ2) is 5.70. The molecule has 0 fully saturated rings. The van der Waals surface area contributed by atoms with E-state index in [-0.39, 0.29) is 11.5 Å². The van der Waals surface area contributed by atoms with Crippen molar-refractivity contribution in [3.05, 3.63) is 66.7 Å². The Hall–Kier alpha value is -3.61. The molecule has 0 bridgehead atoms. The fraction of sp³-hybridized carbons (Fsp3) is 0.0500. The summed E-state index contributed by atoms with van der Waals surface area (Å²) >= 11 is 0. The van der Waals surface area contributed by atoms with Crippen LogP contribution >= 0.6 is 0 Å². The fourth-order valence-electron chi connectivity index (χ4n) is 2.93. The minimum Gasteiger partial charge on any atom is -0.423 e. The molecule has 1 N–H and O–H groups in total. The zero-order chi connectivity index (χ0) is 18.4. The van der Waals surface area contributed by atoms with E-state index < -0.39 is 6.29 Å². The summed E-state index contributed by atoms with van der Waals surface area (Å²) in [6.45, 7) is 0. The summed E-state index contributed by atoms with van der Waals surface area (Å²) in [4.78, 5) is 4.44. The Morgan fingerprint density at radius 1 is 0.815 bits per heavy atom. The van der Waals surface area contributed by atoms with Gasteiger partial charge in [-0.3, -0.25) is 0 Å². The predicted octanol–water partition coefficient (Wildman–Crippen LogP) is 5.56. The van der Waals surface area contributed by atoms with Crippen molar-refractivity contribution in [2.24, 2.45) is 0 Å². The monoisotopic (exact) mass is 366 g/mol. The third-order valence-electron chi connectivity index (χ3n) is 4.15. The zero-order valence-corrected chi connectivity index (χ0v) is 13.8. The molecule has 5 nitrogen and oxygen atoms in total. The molecule has 0 amide bonds. The van der Waals surface area contributed by atoms with Crippen LogP contribution in [0.25, 0.3) is 22.2 Å². The summed E-state index contributed by atoms with van der Waals surface area (Å²) in [5, 5.41) is 3.10. The summed E-state index contributed by atoms with van der Waals surface area (Å²) in [7, 11) is 0. The number of rotatable bonds is 3. The summed E-state index contributed by atoms with van der Waals surface area (Å²) < 4.78 is 41.0. The number of para-hydroxylation sites is 1. The molecule has 134 valence electrons. The van der Waals surface area contributed by atoms with E-state index in [1.54, 1.807) is 12.1 Å². The molecule has 0 unspecified atom stereocenters. The molecule has 3 aromatic carbocycles. The first-order valence-electron chi connectivity index (χ1n) is 8.19. The number of halogens is 2. The molecule has 4 aromatic rings. The van der Waals surface area contributed by atoms with Gasteiger partial charge in [0.2, 0.25) is 0 Å². The van der Waals surface area contributed by atoms with E-state index >= 15 is 0 Å². The van der Waals surface area contributed by atoms with Gasteiger partial charge in [0.25, 0.3) is 6.01 Å². The Morgan fingerprint density at radius 2 is 1.56 bits per heavy atom. The lowest BCUT2D eigenvalue weighted by molar-refractivity contribution is -0.286. The number of ether oxygens (including phenoxy) is 2. The molecule has 7 heteroatoms. The molecule has 0 saturated heterocycles. The van der Waals surface area contributed by atoms with E-state index in [4.69, 9.17) is 4.42 Å². The van der Waals surface area contributed by atoms with Crippen LogP contribution in [0.5, 0.6) is 11.5 Å². The van der Waals surface area contributed by atoms with Gasteiger partial charge in [0.05, 0.1) is 0 Å². The van der Waals surface area contributed by atoms with Gasteiger partial charge in [-0.1, -0.05) is 30.3 Å². The van der Waals surface area contributed by atoms with E-state index in [0.717, 1.165) is 11.3 Å². The molecular formula is C20H12F2N2O3. The molecule has 5 rings (SSSR count). The highest BCUT2D eigenvalue weighted by Gasteiger charge is 2.43. The van der Waals surface area contributed by atoms with Crippen LogP contribution in [-0.2, 0) is 0 Å². The Labute approximate surface area is 152 Å². The quantitative estimate of drug-likeness (QED) is 0.514. The second-order valence-corrected chi connectivity index (χ2v) is 6.02. The topological polar surface area (TPSA) is 56.5 Å². The minimum absolute atomic E-state index is 0.00387. The lowest BCUT2D eigenvalue weighted by Crippen LogP contribution is -2.25. The van der Waals surface area contributed by atoms with Crippen LogP contribution in [0.4, 0.5) is 20.5 Å². The van der Waals surface area contributed by atoms with Crippen molar-refractivity contribution in [1.82, 2.24) is 4.98 Å². The number of hydrogen-bond donors (Lipinski definition) is 1. The molecule has 0 spiro atoms. The smallest absolute Gasteiger partial charge is 0.423 e. The van der Waals surface area contributed by atoms with Crippen LogP contribution in [0.1, 0.15) is 0 Å². The number of fused-ring (bicyclic) bond motifs is 2. The maximum absolute atomic E-state index is 13.2. The SMILES string of the molecule is FC1(F)Oc2ccc(-c3ccc4oc(Nc5ccccc5)nc4c3)cc2O1. The fourth-order valence-corrected chi connectivity index (χ4v) is 2.93. The van der Waals surface area contributed by atoms with Crippen molar-refractivity contribution < 1.29 is 22.7 Å². The largest absolute Gasteiger partial charge is 0.586 e. The summed E-state index contributed by atoms with van der Waals surface area (Å²) in [5.74, 6) is 0.0183. The number of hydrogen-bond acceptors (Lipinski definition) is 5. The predicted molar refractivity (Wildman–Crippen MR) is 95.4 cm³/mol. The Morgan fingerprint density at radius 3 is 2.41 bits per heavy atom. The molecule has 2 heterocycles. The van der Waals surface area contributed by atoms with Crippen molar-refractivity contribution in [3.8, 4) is 22.6 Å². The highest BCUT2D eigenvalue weighted by molar-refractivity contribution is 5.82. The van der Waals surface area contributed by atoms with Gasteiger partial charge >= 0.3 is 6.29 Å². The van der Waals surface area contributed by atoms with Gasteiger partial charge in [-0.05, 0) is 47.5 Å². The van der Waals surface area contributed by atoms with E-state index in [9.17, 15) is 8.78 Å². The minimum atomic E-state index is -3.63. The highest BCUT2D eigenvalue weighted by Crippen LogP contribution is 2.43. The van der Waals surface area contributed by atoms with E-state index in [1.807, 2.05) is 42.5 Å². The van der Waals surface area contributed by atoms with Gasteiger partial charge in [-0.25, -0.2) is 0 Å². The standard InChI is InChI=1S/C20H12F2N2O3/c21-20(22)26-17-9-7-13(11-18(17)27-20)12-6-8-16-15(10-12)24-19(25-16)23-14-4-2-1-3-5-14/h1-11H,(H,23,24). The van der Waals surface area contributed by atoms with Crippen LogP contribution in [0.3, 0.4) is 0 Å². The van der Waals surface area contributed by atoms with Crippen LogP contribution in [0.2, 0.25) is 0 Å². The number of nitrogens with zero attached hydrogens (tertiary/aromatic N) is 1. The Kier molecular flexibility index (Phi) is 3.30. The van der Waals surface area contributed by atoms with Gasteiger partial charge in [-0.15, -0.1) is 8.78 Å². The Bertz CT molecular complexity index is 1140. The van der Waals surface area contributed by atoms with Crippen molar-refractivity contribution in [2.75, 3.05) is 5.32 Å². The maximum Gasteiger partial charge on any atom is 0.586 e. The van der Waals surface area contributed by atoms with Crippen LogP contribution < -0.4 is 14.8 Å². The first kappa shape index (κ1) is 15.6. The van der Waals surface area contributed by atoms with E-state index in [1.165, 1.54) is 12.1 Å². The zero-order valence-electron chi connectivity index (χ0n) is 13.8. The first-order chi connectivity index (χ1) is 13.1. The van der Waals surface area contributed by atoms with Crippen molar-refractivity contribution in [3.63, 3.8) is 0 Å². The molecular weight excluding hydrogens is 354 g/mol. The number of aromatic nitrogens is 1. The second-order valence-electron chi connectivity index (χ2n) is 6.02. The lowest BCUT2D eigenvalue weighted by Gasteiger charge is -2.04. The molecule has 0 saturated carbocycles. The van der Waals surface area contributed by atoms with Gasteiger partial charge in [-0.2, -0.15) is 4.98 Å². The van der Waals surface area contributed by atoms with Gasteiger partial charge in [0, 0.05) is 5.69 Å². The number of anilines is 2. The van der Waals surface area contributed by atoms with Crippen molar-refractivity contribution in [1.29, 1.82) is 0 Å². The third kappa shape index (κ3) is 2.93. The van der Waals surface area contributed by atoms with Crippen molar-refractivity contribution >= 4 is 22.8 Å². The van der Waals surface area contributed by atoms with E-state index in [2.05, 4.69) is 19.8 Å². The molecule has 1 aliphatic heterocycles.